The van der Waals surface area contributed by atoms with Crippen molar-refractivity contribution in [1.82, 2.24) is 35.9 Å². The fourth-order valence-corrected chi connectivity index (χ4v) is 7.34. The molecule has 0 fully saturated rings. The lowest BCUT2D eigenvalue weighted by molar-refractivity contribution is -0.119. The Balaban J connectivity index is 0.877. The van der Waals surface area contributed by atoms with E-state index in [-0.39, 0.29) is 69.2 Å². The molecule has 0 aliphatic rings. The largest absolute Gasteiger partial charge is 0.491 e. The number of ketones is 2. The van der Waals surface area contributed by atoms with Crippen molar-refractivity contribution in [2.45, 2.75) is 96.3 Å². The van der Waals surface area contributed by atoms with Crippen LogP contribution >= 0.6 is 23.2 Å². The molecule has 2 aromatic heterocycles. The average molecular weight is 1070 g/mol. The van der Waals surface area contributed by atoms with Gasteiger partial charge in [-0.15, -0.1) is 0 Å². The van der Waals surface area contributed by atoms with Gasteiger partial charge < -0.3 is 63.7 Å². The van der Waals surface area contributed by atoms with Gasteiger partial charge in [0.25, 0.3) is 5.91 Å². The number of benzene rings is 2. The van der Waals surface area contributed by atoms with Crippen LogP contribution in [-0.2, 0) is 27.1 Å². The van der Waals surface area contributed by atoms with Crippen LogP contribution in [0.3, 0.4) is 0 Å². The lowest BCUT2D eigenvalue weighted by Gasteiger charge is -2.10. The number of guanidine groups is 1. The number of hydrogen-bond donors (Lipinski definition) is 9. The predicted octanol–water partition coefficient (Wildman–Crippen LogP) is 6.07. The molecule has 0 atom stereocenters. The number of aromatic nitrogens is 4. The number of amides is 3. The molecule has 0 saturated carbocycles. The van der Waals surface area contributed by atoms with Crippen molar-refractivity contribution in [2.24, 2.45) is 10.7 Å². The Labute approximate surface area is 441 Å². The van der Waals surface area contributed by atoms with Gasteiger partial charge in [-0.1, -0.05) is 60.3 Å². The molecule has 2 aromatic carbocycles. The van der Waals surface area contributed by atoms with Gasteiger partial charge >= 0.3 is 6.03 Å². The van der Waals surface area contributed by atoms with Gasteiger partial charge in [-0.25, -0.2) is 24.7 Å². The molecule has 0 aliphatic heterocycles. The van der Waals surface area contributed by atoms with E-state index in [2.05, 4.69) is 40.9 Å². The monoisotopic (exact) mass is 1060 g/mol. The molecule has 0 radical (unpaired) electrons. The molecule has 4 rings (SSSR count). The van der Waals surface area contributed by atoms with Crippen LogP contribution < -0.4 is 54.1 Å². The second-order valence-corrected chi connectivity index (χ2v) is 17.8. The molecule has 74 heavy (non-hydrogen) atoms. The molecule has 24 heteroatoms. The van der Waals surface area contributed by atoms with Crippen molar-refractivity contribution >= 4 is 81.6 Å². The molecule has 0 spiro atoms. The van der Waals surface area contributed by atoms with Crippen LogP contribution in [0.1, 0.15) is 116 Å². The van der Waals surface area contributed by atoms with Crippen molar-refractivity contribution in [3.63, 3.8) is 0 Å². The molecule has 3 amide bonds. The number of carbonyl (C=O) groups excluding carboxylic acids is 4. The highest BCUT2D eigenvalue weighted by Crippen LogP contribution is 2.21. The zero-order chi connectivity index (χ0) is 53.5. The summed E-state index contributed by atoms with van der Waals surface area (Å²) in [6.07, 6.45) is 10.4. The van der Waals surface area contributed by atoms with E-state index in [1.54, 1.807) is 0 Å². The fourth-order valence-electron chi connectivity index (χ4n) is 7.09. The summed E-state index contributed by atoms with van der Waals surface area (Å²) in [7, 11) is 0. The summed E-state index contributed by atoms with van der Waals surface area (Å²) in [4.78, 5) is 68.8. The van der Waals surface area contributed by atoms with Crippen LogP contribution in [0.2, 0.25) is 10.3 Å². The summed E-state index contributed by atoms with van der Waals surface area (Å²) in [5.41, 5.74) is 30.7. The Morgan fingerprint density at radius 2 is 1.09 bits per heavy atom. The number of nitrogens with two attached hydrogens (primary N) is 5. The molecule has 14 N–H and O–H groups in total. The summed E-state index contributed by atoms with van der Waals surface area (Å²) < 4.78 is 22.8. The SMILES string of the molecule is N=C(CCCCCc1ccc(OCCOCCNC(=O)NCCCCCC(=O)CCCOCCOc2ccc(CCCCN=C(N)NC(=O)c3nc(Cl)c(N)nc3N)cc2)cc1)CC(=O)c1nc(Cl)c(N)nc1N. The molecule has 0 aliphatic carbocycles. The number of anilines is 4. The Morgan fingerprint density at radius 3 is 1.73 bits per heavy atom. The van der Waals surface area contributed by atoms with Crippen molar-refractivity contribution in [3.8, 4) is 11.5 Å². The summed E-state index contributed by atoms with van der Waals surface area (Å²) in [6, 6.07) is 15.5. The highest BCUT2D eigenvalue weighted by atomic mass is 35.5. The van der Waals surface area contributed by atoms with Crippen LogP contribution in [0, 0.1) is 5.41 Å². The standard InChI is InChI=1S/C50H70Cl2N14O8/c51-42-46(56)64-44(54)40(62-42)39(68)32-35(53)12-4-1-3-10-33-15-19-38(20-16-33)74-31-29-72-27-25-61-50(70)60-24-7-2-5-13-36(67)14-9-26-71-28-30-73-37-21-17-34(18-22-37)11-6-8-23-59-49(58)66-48(69)41-45(55)65-47(57)43(52)63-41/h15-22,53H,1-14,23-32H2,(H4,54,56,64)(H4,55,57,65)(H2,60,61,70)(H3,58,59,66,69). The fraction of sp³-hybridized carbons (Fsp3) is 0.480. The molecular formula is C50H70Cl2N14O8. The number of nitrogens with zero attached hydrogens (tertiary/aromatic N) is 5. The zero-order valence-electron chi connectivity index (χ0n) is 41.7. The Morgan fingerprint density at radius 1 is 0.568 bits per heavy atom. The molecule has 402 valence electrons. The van der Waals surface area contributed by atoms with Gasteiger partial charge in [-0.05, 0) is 99.6 Å². The highest BCUT2D eigenvalue weighted by molar-refractivity contribution is 6.32. The van der Waals surface area contributed by atoms with E-state index < -0.39 is 11.7 Å². The Hall–Kier alpha value is -6.88. The van der Waals surface area contributed by atoms with Gasteiger partial charge in [-0.3, -0.25) is 24.7 Å². The number of nitrogen functional groups attached to an aromatic ring is 4. The first-order valence-electron chi connectivity index (χ1n) is 24.7. The number of aliphatic imine (C=N–C) groups is 1. The van der Waals surface area contributed by atoms with Gasteiger partial charge in [0.1, 0.15) is 30.5 Å². The van der Waals surface area contributed by atoms with Gasteiger partial charge in [0.2, 0.25) is 0 Å². The molecular weight excluding hydrogens is 996 g/mol. The van der Waals surface area contributed by atoms with Gasteiger partial charge in [0, 0.05) is 44.8 Å². The third-order valence-corrected chi connectivity index (χ3v) is 11.6. The maximum atomic E-state index is 12.5. The van der Waals surface area contributed by atoms with E-state index in [0.717, 1.165) is 81.3 Å². The third kappa shape index (κ3) is 23.8. The summed E-state index contributed by atoms with van der Waals surface area (Å²) in [6.45, 7) is 3.72. The lowest BCUT2D eigenvalue weighted by Crippen LogP contribution is -2.38. The second-order valence-electron chi connectivity index (χ2n) is 17.1. The number of aryl methyl sites for hydroxylation is 2. The number of Topliss-reactive ketones (excluding diaryl/α,β-unsaturated/α-hetero) is 2. The minimum atomic E-state index is -0.685. The first-order valence-corrected chi connectivity index (χ1v) is 25.4. The van der Waals surface area contributed by atoms with Crippen LogP contribution in [0.5, 0.6) is 11.5 Å². The second kappa shape index (κ2) is 33.8. The highest BCUT2D eigenvalue weighted by Gasteiger charge is 2.19. The number of nitrogens with one attached hydrogen (secondary N) is 4. The van der Waals surface area contributed by atoms with Crippen molar-refractivity contribution in [1.29, 1.82) is 5.41 Å². The van der Waals surface area contributed by atoms with Gasteiger partial charge in [-0.2, -0.15) is 0 Å². The van der Waals surface area contributed by atoms with Gasteiger partial charge in [0.05, 0.1) is 26.2 Å². The maximum Gasteiger partial charge on any atom is 0.314 e. The Bertz CT molecular complexity index is 2450. The van der Waals surface area contributed by atoms with Crippen LogP contribution in [-0.4, -0.2) is 114 Å². The smallest absolute Gasteiger partial charge is 0.314 e. The molecule has 0 saturated heterocycles. The third-order valence-electron chi connectivity index (χ3n) is 11.0. The zero-order valence-corrected chi connectivity index (χ0v) is 43.2. The first kappa shape index (κ1) is 59.7. The molecule has 2 heterocycles. The molecule has 0 unspecified atom stereocenters. The normalized spacial score (nSPS) is 11.2. The minimum absolute atomic E-state index is 0.0434. The lowest BCUT2D eigenvalue weighted by atomic mass is 10.0. The number of unbranched alkanes of at least 4 members (excludes halogenated alkanes) is 5. The molecule has 22 nitrogen and oxygen atoms in total. The average Bonchev–Trinajstić information content (AvgIpc) is 3.37. The van der Waals surface area contributed by atoms with Crippen LogP contribution in [0.15, 0.2) is 53.5 Å². The number of hydrogen-bond acceptors (Lipinski definition) is 18. The first-order chi connectivity index (χ1) is 35.7. The number of rotatable bonds is 36. The molecule has 0 bridgehead atoms. The van der Waals surface area contributed by atoms with E-state index >= 15 is 0 Å². The van der Waals surface area contributed by atoms with Crippen molar-refractivity contribution in [3.05, 3.63) is 81.4 Å². The van der Waals surface area contributed by atoms with Crippen LogP contribution in [0.25, 0.3) is 0 Å². The number of halogens is 2. The molecule has 4 aromatic rings. The van der Waals surface area contributed by atoms with Gasteiger partial charge in [0.15, 0.2) is 56.7 Å². The number of carbonyl (C=O) groups is 4. The Kier molecular flexibility index (Phi) is 27.2. The summed E-state index contributed by atoms with van der Waals surface area (Å²) in [5, 5.41) is 16.0. The predicted molar refractivity (Wildman–Crippen MR) is 287 cm³/mol. The van der Waals surface area contributed by atoms with E-state index in [1.165, 1.54) is 5.56 Å². The van der Waals surface area contributed by atoms with E-state index in [0.29, 0.717) is 90.7 Å². The topological polar surface area (TPSA) is 359 Å². The van der Waals surface area contributed by atoms with Crippen molar-refractivity contribution < 1.29 is 38.1 Å². The quantitative estimate of drug-likeness (QED) is 0.0108. The van der Waals surface area contributed by atoms with E-state index in [9.17, 15) is 19.2 Å². The van der Waals surface area contributed by atoms with E-state index in [4.69, 9.17) is 76.2 Å². The van der Waals surface area contributed by atoms with Crippen LogP contribution in [0.4, 0.5) is 28.1 Å². The maximum absolute atomic E-state index is 12.5. The minimum Gasteiger partial charge on any atom is -0.491 e. The summed E-state index contributed by atoms with van der Waals surface area (Å²) >= 11 is 11.7. The van der Waals surface area contributed by atoms with Crippen molar-refractivity contribution in [2.75, 3.05) is 82.2 Å². The number of ether oxygens (including phenoxy) is 4. The van der Waals surface area contributed by atoms with E-state index in [1.807, 2.05) is 48.5 Å². The number of urea groups is 1. The summed E-state index contributed by atoms with van der Waals surface area (Å²) in [5.74, 6) is 0.154.